The van der Waals surface area contributed by atoms with Crippen LogP contribution >= 0.6 is 10.8 Å². The third-order valence-corrected chi connectivity index (χ3v) is 9.55. The fourth-order valence-corrected chi connectivity index (χ4v) is 6.77. The van der Waals surface area contributed by atoms with Gasteiger partial charge in [-0.15, -0.1) is 0 Å². The highest BCUT2D eigenvalue weighted by atomic mass is 33.1. The number of hydrogen-bond donors (Lipinski definition) is 0. The number of esters is 1. The van der Waals surface area contributed by atoms with Crippen molar-refractivity contribution in [2.24, 2.45) is 4.36 Å². The summed E-state index contributed by atoms with van der Waals surface area (Å²) in [5.41, 5.74) is 1.07. The molecule has 0 aromatic heterocycles. The van der Waals surface area contributed by atoms with Crippen LogP contribution in [0.5, 0.6) is 5.75 Å². The molecule has 0 N–H and O–H groups in total. The van der Waals surface area contributed by atoms with Crippen LogP contribution in [0.1, 0.15) is 13.8 Å². The summed E-state index contributed by atoms with van der Waals surface area (Å²) in [7, 11) is 1.00. The van der Waals surface area contributed by atoms with Crippen molar-refractivity contribution in [3.8, 4) is 5.75 Å². The highest BCUT2D eigenvalue weighted by molar-refractivity contribution is 8.76. The lowest BCUT2D eigenvalue weighted by atomic mass is 10.2. The molecule has 3 heterocycles. The van der Waals surface area contributed by atoms with E-state index in [2.05, 4.69) is 19.1 Å². The molecule has 1 atom stereocenters. The Bertz CT molecular complexity index is 982. The van der Waals surface area contributed by atoms with Gasteiger partial charge in [0.25, 0.3) is 0 Å². The number of benzene rings is 1. The van der Waals surface area contributed by atoms with Gasteiger partial charge in [-0.05, 0) is 35.1 Å². The predicted octanol–water partition coefficient (Wildman–Crippen LogP) is 1.73. The maximum Gasteiger partial charge on any atom is 0.325 e. The molecule has 11 heteroatoms. The smallest absolute Gasteiger partial charge is 0.325 e. The zero-order chi connectivity index (χ0) is 24.1. The molecule has 1 aromatic carbocycles. The summed E-state index contributed by atoms with van der Waals surface area (Å²) in [6.45, 7) is 10.6. The summed E-state index contributed by atoms with van der Waals surface area (Å²) in [4.78, 5) is 45.1. The van der Waals surface area contributed by atoms with E-state index in [1.54, 1.807) is 24.6 Å². The number of ether oxygens (including phenoxy) is 1. The summed E-state index contributed by atoms with van der Waals surface area (Å²) >= 11 is 0. The van der Waals surface area contributed by atoms with Gasteiger partial charge in [-0.25, -0.2) is 4.36 Å². The van der Waals surface area contributed by atoms with Crippen molar-refractivity contribution >= 4 is 43.2 Å². The van der Waals surface area contributed by atoms with Crippen LogP contribution in [0.15, 0.2) is 39.7 Å². The Morgan fingerprint density at radius 2 is 1.59 bits per heavy atom. The maximum atomic E-state index is 12.4. The van der Waals surface area contributed by atoms with Gasteiger partial charge in [0, 0.05) is 99.3 Å². The Kier molecular flexibility index (Phi) is 8.41. The highest BCUT2D eigenvalue weighted by Crippen LogP contribution is 2.30. The summed E-state index contributed by atoms with van der Waals surface area (Å²) in [5.74, 6) is 0.409. The topological polar surface area (TPSA) is 85.8 Å². The van der Waals surface area contributed by atoms with E-state index in [1.165, 1.54) is 0 Å². The summed E-state index contributed by atoms with van der Waals surface area (Å²) in [6.07, 6.45) is 1.83. The average molecular weight is 506 g/mol. The molecule has 2 saturated heterocycles. The fourth-order valence-electron chi connectivity index (χ4n) is 4.13. The van der Waals surface area contributed by atoms with Crippen LogP contribution < -0.4 is 9.64 Å². The van der Waals surface area contributed by atoms with Gasteiger partial charge in [0.15, 0.2) is 0 Å². The number of carbonyl (C=O) groups excluding carboxylic acids is 3. The van der Waals surface area contributed by atoms with Crippen LogP contribution in [0.3, 0.4) is 0 Å². The molecule has 0 saturated carbocycles. The molecule has 1 aromatic rings. The van der Waals surface area contributed by atoms with Crippen molar-refractivity contribution in [3.05, 3.63) is 35.4 Å². The van der Waals surface area contributed by atoms with Gasteiger partial charge in [-0.3, -0.25) is 24.2 Å². The van der Waals surface area contributed by atoms with E-state index in [-0.39, 0.29) is 23.5 Å². The zero-order valence-corrected chi connectivity index (χ0v) is 21.3. The second kappa shape index (κ2) is 11.5. The Labute approximate surface area is 206 Å². The second-order valence-electron chi connectivity index (χ2n) is 8.54. The molecule has 0 bridgehead atoms. The molecule has 2 fully saturated rings. The van der Waals surface area contributed by atoms with Gasteiger partial charge in [-0.2, -0.15) is 0 Å². The molecule has 4 rings (SSSR count). The van der Waals surface area contributed by atoms with Gasteiger partial charge >= 0.3 is 5.97 Å². The molecule has 3 aliphatic rings. The normalized spacial score (nSPS) is 21.7. The van der Waals surface area contributed by atoms with E-state index in [1.807, 2.05) is 35.4 Å². The largest absolute Gasteiger partial charge is 0.426 e. The van der Waals surface area contributed by atoms with Gasteiger partial charge in [0.1, 0.15) is 5.75 Å². The number of nitrogens with zero attached hydrogens (tertiary/aromatic N) is 5. The first kappa shape index (κ1) is 24.9. The first-order valence-corrected chi connectivity index (χ1v) is 14.0. The molecule has 184 valence electrons. The van der Waals surface area contributed by atoms with E-state index >= 15 is 0 Å². The molecule has 34 heavy (non-hydrogen) atoms. The van der Waals surface area contributed by atoms with Crippen molar-refractivity contribution in [1.29, 1.82) is 0 Å². The Balaban J connectivity index is 1.16. The summed E-state index contributed by atoms with van der Waals surface area (Å²) in [5, 5.41) is 0.113. The van der Waals surface area contributed by atoms with E-state index in [0.717, 1.165) is 69.5 Å². The van der Waals surface area contributed by atoms with Crippen LogP contribution in [0.4, 0.5) is 5.69 Å². The molecule has 3 aliphatic heterocycles. The van der Waals surface area contributed by atoms with E-state index in [4.69, 9.17) is 4.74 Å². The van der Waals surface area contributed by atoms with Gasteiger partial charge in [-0.1, -0.05) is 0 Å². The van der Waals surface area contributed by atoms with Crippen LogP contribution in [-0.2, 0) is 24.1 Å². The molecule has 1 amide bonds. The third kappa shape index (κ3) is 6.68. The first-order chi connectivity index (χ1) is 16.4. The number of amides is 1. The lowest BCUT2D eigenvalue weighted by molar-refractivity contribution is -0.136. The minimum atomic E-state index is -0.559. The molecule has 0 spiro atoms. The lowest BCUT2D eigenvalue weighted by Gasteiger charge is -2.35. The molecular weight excluding hydrogens is 474 g/mol. The Morgan fingerprint density at radius 1 is 0.941 bits per heavy atom. The van der Waals surface area contributed by atoms with E-state index < -0.39 is 9.72 Å². The summed E-state index contributed by atoms with van der Waals surface area (Å²) in [6, 6.07) is 7.58. The van der Waals surface area contributed by atoms with Crippen molar-refractivity contribution in [1.82, 2.24) is 14.7 Å². The van der Waals surface area contributed by atoms with Crippen molar-refractivity contribution in [3.63, 3.8) is 0 Å². The highest BCUT2D eigenvalue weighted by Gasteiger charge is 2.23. The Morgan fingerprint density at radius 3 is 2.18 bits per heavy atom. The van der Waals surface area contributed by atoms with Crippen molar-refractivity contribution in [2.45, 2.75) is 13.8 Å². The lowest BCUT2D eigenvalue weighted by Crippen LogP contribution is -2.48. The second-order valence-corrected chi connectivity index (χ2v) is 12.0. The number of anilines is 1. The van der Waals surface area contributed by atoms with E-state index in [9.17, 15) is 14.4 Å². The molecule has 9 nitrogen and oxygen atoms in total. The first-order valence-electron chi connectivity index (χ1n) is 11.5. The van der Waals surface area contributed by atoms with E-state index in [0.29, 0.717) is 5.75 Å². The monoisotopic (exact) mass is 505 g/mol. The number of piperazine rings is 2. The minimum absolute atomic E-state index is 0.113. The minimum Gasteiger partial charge on any atom is -0.426 e. The van der Waals surface area contributed by atoms with Gasteiger partial charge in [0.05, 0.1) is 6.54 Å². The molecule has 0 radical (unpaired) electrons. The Hall–Kier alpha value is -2.21. The summed E-state index contributed by atoms with van der Waals surface area (Å²) < 4.78 is 9.84. The van der Waals surface area contributed by atoms with Crippen molar-refractivity contribution < 1.29 is 19.1 Å². The fraction of sp³-hybridized carbons (Fsp3) is 0.522. The number of hydrogen-bond acceptors (Lipinski definition) is 9. The number of rotatable bonds is 6. The van der Waals surface area contributed by atoms with Crippen LogP contribution in [0.25, 0.3) is 0 Å². The number of carbonyl (C=O) groups is 3. The zero-order valence-electron chi connectivity index (χ0n) is 19.6. The van der Waals surface area contributed by atoms with Crippen molar-refractivity contribution in [2.75, 3.05) is 70.3 Å². The molecule has 0 aliphatic carbocycles. The molecule has 1 unspecified atom stereocenters. The molecular formula is C23H31N5O4S2. The van der Waals surface area contributed by atoms with Gasteiger partial charge in [0.2, 0.25) is 11.0 Å². The predicted molar refractivity (Wildman–Crippen MR) is 136 cm³/mol. The third-order valence-electron chi connectivity index (χ3n) is 6.08. The SMILES string of the molecule is CC(=O)N1CCN(c2ccc(OC(=O)CN3CCN(CC4=CN=S(C(C)=O)S4)CC3)cc2)CC1. The van der Waals surface area contributed by atoms with Crippen LogP contribution in [-0.4, -0.2) is 97.1 Å². The quantitative estimate of drug-likeness (QED) is 0.328. The standard InChI is InChI=1S/C23H31N5O4S2/c1-18(29)27-11-13-28(14-12-27)20-3-5-21(6-4-20)32-23(31)17-26-9-7-25(8-10-26)16-22-15-24-34(33-22)19(2)30/h3-6,15H,7-14,16-17H2,1-2H3. The maximum absolute atomic E-state index is 12.4. The van der Waals surface area contributed by atoms with Crippen LogP contribution in [0, 0.1) is 0 Å². The van der Waals surface area contributed by atoms with Gasteiger partial charge < -0.3 is 14.5 Å². The average Bonchev–Trinajstić information content (AvgIpc) is 3.30. The van der Waals surface area contributed by atoms with Crippen LogP contribution in [0.2, 0.25) is 0 Å².